The van der Waals surface area contributed by atoms with Crippen molar-refractivity contribution in [1.29, 1.82) is 0 Å². The normalized spacial score (nSPS) is 14.4. The third-order valence-corrected chi connectivity index (χ3v) is 4.07. The van der Waals surface area contributed by atoms with Gasteiger partial charge in [0.05, 0.1) is 4.34 Å². The quantitative estimate of drug-likeness (QED) is 0.941. The van der Waals surface area contributed by atoms with Crippen LogP contribution in [0.5, 0.6) is 17.2 Å². The summed E-state index contributed by atoms with van der Waals surface area (Å²) in [7, 11) is 0. The highest BCUT2D eigenvalue weighted by atomic mass is 35.5. The van der Waals surface area contributed by atoms with Crippen molar-refractivity contribution >= 4 is 22.9 Å². The molecule has 1 unspecified atom stereocenters. The third kappa shape index (κ3) is 2.63. The summed E-state index contributed by atoms with van der Waals surface area (Å²) < 4.78 is 17.2. The number of halogens is 1. The van der Waals surface area contributed by atoms with Crippen LogP contribution in [0, 0.1) is 0 Å². The molecular formula is C13H12ClNO3S. The number of thiophene rings is 1. The van der Waals surface area contributed by atoms with Gasteiger partial charge in [0.1, 0.15) is 11.9 Å². The van der Waals surface area contributed by atoms with E-state index in [-0.39, 0.29) is 12.9 Å². The molecule has 19 heavy (non-hydrogen) atoms. The Balaban J connectivity index is 1.79. The van der Waals surface area contributed by atoms with E-state index in [1.807, 2.05) is 24.3 Å². The second kappa shape index (κ2) is 5.28. The van der Waals surface area contributed by atoms with Gasteiger partial charge in [0.2, 0.25) is 6.79 Å². The first-order valence-corrected chi connectivity index (χ1v) is 6.97. The fourth-order valence-electron chi connectivity index (χ4n) is 1.84. The van der Waals surface area contributed by atoms with Crippen LogP contribution in [0.25, 0.3) is 0 Å². The second-order valence-corrected chi connectivity index (χ2v) is 5.75. The maximum absolute atomic E-state index is 5.93. The maximum Gasteiger partial charge on any atom is 0.231 e. The highest BCUT2D eigenvalue weighted by Crippen LogP contribution is 2.37. The van der Waals surface area contributed by atoms with Crippen LogP contribution in [0.1, 0.15) is 11.0 Å². The summed E-state index contributed by atoms with van der Waals surface area (Å²) >= 11 is 7.40. The summed E-state index contributed by atoms with van der Waals surface area (Å²) in [6.45, 7) is 0.630. The first kappa shape index (κ1) is 12.6. The SMILES string of the molecule is NCC(Oc1ccc2c(c1)OCO2)c1ccc(Cl)s1. The lowest BCUT2D eigenvalue weighted by Crippen LogP contribution is -2.17. The van der Waals surface area contributed by atoms with E-state index in [2.05, 4.69) is 0 Å². The fourth-order valence-corrected chi connectivity index (χ4v) is 2.94. The van der Waals surface area contributed by atoms with Crippen LogP contribution >= 0.6 is 22.9 Å². The molecule has 1 aromatic heterocycles. The van der Waals surface area contributed by atoms with Crippen molar-refractivity contribution in [3.63, 3.8) is 0 Å². The minimum atomic E-state index is -0.210. The van der Waals surface area contributed by atoms with Gasteiger partial charge in [0.25, 0.3) is 0 Å². The van der Waals surface area contributed by atoms with Gasteiger partial charge in [-0.2, -0.15) is 0 Å². The molecule has 1 aliphatic heterocycles. The molecule has 0 saturated heterocycles. The number of fused-ring (bicyclic) bond motifs is 1. The molecule has 0 fully saturated rings. The molecule has 2 aromatic rings. The number of benzene rings is 1. The number of ether oxygens (including phenoxy) is 3. The van der Waals surface area contributed by atoms with Crippen molar-refractivity contribution < 1.29 is 14.2 Å². The zero-order chi connectivity index (χ0) is 13.2. The Bertz CT molecular complexity index is 587. The number of hydrogen-bond acceptors (Lipinski definition) is 5. The predicted molar refractivity (Wildman–Crippen MR) is 74.3 cm³/mol. The lowest BCUT2D eigenvalue weighted by Gasteiger charge is -2.16. The molecule has 4 nitrogen and oxygen atoms in total. The monoisotopic (exact) mass is 297 g/mol. The summed E-state index contributed by atoms with van der Waals surface area (Å²) in [5.74, 6) is 2.12. The molecule has 0 aliphatic carbocycles. The molecule has 0 spiro atoms. The average Bonchev–Trinajstić information content (AvgIpc) is 3.04. The molecule has 0 amide bonds. The molecule has 0 bridgehead atoms. The smallest absolute Gasteiger partial charge is 0.231 e. The Hall–Kier alpha value is -1.43. The zero-order valence-corrected chi connectivity index (χ0v) is 11.5. The van der Waals surface area contributed by atoms with Crippen molar-refractivity contribution in [3.05, 3.63) is 39.5 Å². The predicted octanol–water partition coefficient (Wildman–Crippen LogP) is 3.21. The van der Waals surface area contributed by atoms with Crippen molar-refractivity contribution in [3.8, 4) is 17.2 Å². The Labute approximate surface area is 119 Å². The number of hydrogen-bond donors (Lipinski definition) is 1. The van der Waals surface area contributed by atoms with Crippen LogP contribution in [0.3, 0.4) is 0 Å². The van der Waals surface area contributed by atoms with Crippen LogP contribution in [0.2, 0.25) is 4.34 Å². The molecule has 1 atom stereocenters. The summed E-state index contributed by atoms with van der Waals surface area (Å²) in [5, 5.41) is 0. The van der Waals surface area contributed by atoms with Gasteiger partial charge in [-0.05, 0) is 24.3 Å². The van der Waals surface area contributed by atoms with Gasteiger partial charge in [-0.1, -0.05) is 11.6 Å². The van der Waals surface area contributed by atoms with Gasteiger partial charge in [-0.3, -0.25) is 0 Å². The Kier molecular flexibility index (Phi) is 3.50. The van der Waals surface area contributed by atoms with E-state index < -0.39 is 0 Å². The lowest BCUT2D eigenvalue weighted by atomic mass is 10.2. The Morgan fingerprint density at radius 1 is 1.26 bits per heavy atom. The summed E-state index contributed by atoms with van der Waals surface area (Å²) in [4.78, 5) is 1.00. The third-order valence-electron chi connectivity index (χ3n) is 2.75. The molecule has 6 heteroatoms. The molecule has 2 N–H and O–H groups in total. The van der Waals surface area contributed by atoms with Gasteiger partial charge in [-0.15, -0.1) is 11.3 Å². The average molecular weight is 298 g/mol. The first-order valence-electron chi connectivity index (χ1n) is 5.78. The second-order valence-electron chi connectivity index (χ2n) is 4.00. The summed E-state index contributed by atoms with van der Waals surface area (Å²) in [5.41, 5.74) is 5.76. The number of nitrogens with two attached hydrogens (primary N) is 1. The fraction of sp³-hybridized carbons (Fsp3) is 0.231. The highest BCUT2D eigenvalue weighted by Gasteiger charge is 2.17. The molecule has 0 saturated carbocycles. The minimum absolute atomic E-state index is 0.210. The largest absolute Gasteiger partial charge is 0.483 e. The van der Waals surface area contributed by atoms with E-state index in [0.29, 0.717) is 18.0 Å². The van der Waals surface area contributed by atoms with E-state index in [4.69, 9.17) is 31.5 Å². The topological polar surface area (TPSA) is 53.7 Å². The standard InChI is InChI=1S/C13H12ClNO3S/c14-13-4-3-12(19-13)11(6-15)18-8-1-2-9-10(5-8)17-7-16-9/h1-5,11H,6-7,15H2. The molecule has 1 aromatic carbocycles. The van der Waals surface area contributed by atoms with Crippen molar-refractivity contribution in [1.82, 2.24) is 0 Å². The lowest BCUT2D eigenvalue weighted by molar-refractivity contribution is 0.173. The van der Waals surface area contributed by atoms with Crippen LogP contribution in [-0.2, 0) is 0 Å². The van der Waals surface area contributed by atoms with Gasteiger partial charge in [0.15, 0.2) is 11.5 Å². The number of rotatable bonds is 4. The van der Waals surface area contributed by atoms with Gasteiger partial charge in [0, 0.05) is 17.5 Å². The van der Waals surface area contributed by atoms with Gasteiger partial charge in [-0.25, -0.2) is 0 Å². The molecule has 0 radical (unpaired) electrons. The van der Waals surface area contributed by atoms with Crippen LogP contribution in [0.4, 0.5) is 0 Å². The van der Waals surface area contributed by atoms with E-state index in [1.165, 1.54) is 11.3 Å². The highest BCUT2D eigenvalue weighted by molar-refractivity contribution is 7.16. The summed E-state index contributed by atoms with van der Waals surface area (Å²) in [6.07, 6.45) is -0.210. The van der Waals surface area contributed by atoms with E-state index >= 15 is 0 Å². The van der Waals surface area contributed by atoms with Gasteiger partial charge >= 0.3 is 0 Å². The van der Waals surface area contributed by atoms with Crippen molar-refractivity contribution in [2.75, 3.05) is 13.3 Å². The minimum Gasteiger partial charge on any atom is -0.483 e. The Morgan fingerprint density at radius 2 is 2.11 bits per heavy atom. The molecular weight excluding hydrogens is 286 g/mol. The maximum atomic E-state index is 5.93. The van der Waals surface area contributed by atoms with Crippen LogP contribution < -0.4 is 19.9 Å². The first-order chi connectivity index (χ1) is 9.26. The van der Waals surface area contributed by atoms with E-state index in [0.717, 1.165) is 15.0 Å². The van der Waals surface area contributed by atoms with Crippen molar-refractivity contribution in [2.24, 2.45) is 5.73 Å². The summed E-state index contributed by atoms with van der Waals surface area (Å²) in [6, 6.07) is 9.24. The van der Waals surface area contributed by atoms with Crippen LogP contribution in [-0.4, -0.2) is 13.3 Å². The molecule has 100 valence electrons. The zero-order valence-electron chi connectivity index (χ0n) is 9.97. The van der Waals surface area contributed by atoms with E-state index in [1.54, 1.807) is 6.07 Å². The van der Waals surface area contributed by atoms with E-state index in [9.17, 15) is 0 Å². The molecule has 2 heterocycles. The molecule has 1 aliphatic rings. The van der Waals surface area contributed by atoms with Crippen molar-refractivity contribution in [2.45, 2.75) is 6.10 Å². The molecule has 3 rings (SSSR count). The Morgan fingerprint density at radius 3 is 2.84 bits per heavy atom. The van der Waals surface area contributed by atoms with Crippen LogP contribution in [0.15, 0.2) is 30.3 Å². The van der Waals surface area contributed by atoms with Gasteiger partial charge < -0.3 is 19.9 Å².